The Morgan fingerprint density at radius 3 is 2.87 bits per heavy atom. The number of ether oxygens (including phenoxy) is 1. The summed E-state index contributed by atoms with van der Waals surface area (Å²) in [4.78, 5) is 20.4. The zero-order chi connectivity index (χ0) is 15.9. The van der Waals surface area contributed by atoms with E-state index in [0.29, 0.717) is 18.7 Å². The number of rotatable bonds is 7. The van der Waals surface area contributed by atoms with Crippen molar-refractivity contribution >= 4 is 17.2 Å². The summed E-state index contributed by atoms with van der Waals surface area (Å²) in [6.45, 7) is 0.558. The molecule has 2 N–H and O–H groups in total. The Hall–Kier alpha value is -2.60. The van der Waals surface area contributed by atoms with Crippen LogP contribution in [0, 0.1) is 0 Å². The van der Waals surface area contributed by atoms with Crippen molar-refractivity contribution in [2.24, 2.45) is 0 Å². The van der Waals surface area contributed by atoms with Gasteiger partial charge in [-0.15, -0.1) is 11.3 Å². The first-order valence-electron chi connectivity index (χ1n) is 7.33. The maximum Gasteiger partial charge on any atom is 0.257 e. The van der Waals surface area contributed by atoms with Gasteiger partial charge in [0, 0.05) is 18.7 Å². The minimum atomic E-state index is -0.133. The number of hydrogen-bond donors (Lipinski definition) is 2. The Labute approximate surface area is 138 Å². The van der Waals surface area contributed by atoms with Crippen LogP contribution in [0.5, 0.6) is 5.75 Å². The smallest absolute Gasteiger partial charge is 0.257 e. The van der Waals surface area contributed by atoms with Crippen LogP contribution in [0.25, 0.3) is 10.6 Å². The molecule has 1 amide bonds. The number of imidazole rings is 1. The zero-order valence-electron chi connectivity index (χ0n) is 12.5. The van der Waals surface area contributed by atoms with Crippen LogP contribution < -0.4 is 10.1 Å². The second-order valence-electron chi connectivity index (χ2n) is 4.91. The van der Waals surface area contributed by atoms with Gasteiger partial charge in [-0.1, -0.05) is 24.3 Å². The molecule has 3 aromatic rings. The quantitative estimate of drug-likeness (QED) is 0.701. The van der Waals surface area contributed by atoms with E-state index in [9.17, 15) is 4.79 Å². The molecule has 0 aliphatic carbocycles. The second kappa shape index (κ2) is 7.60. The van der Waals surface area contributed by atoms with Gasteiger partial charge in [0.05, 0.1) is 11.2 Å². The molecule has 2 aromatic heterocycles. The van der Waals surface area contributed by atoms with E-state index in [4.69, 9.17) is 4.74 Å². The van der Waals surface area contributed by atoms with Crippen LogP contribution in [0.4, 0.5) is 0 Å². The summed E-state index contributed by atoms with van der Waals surface area (Å²) in [6.07, 6.45) is 2.38. The number of carbonyl (C=O) groups is 1. The summed E-state index contributed by atoms with van der Waals surface area (Å²) >= 11 is 1.65. The topological polar surface area (TPSA) is 67.0 Å². The van der Waals surface area contributed by atoms with Crippen LogP contribution in [0.3, 0.4) is 0 Å². The minimum Gasteiger partial charge on any atom is -0.484 e. The zero-order valence-corrected chi connectivity index (χ0v) is 13.3. The van der Waals surface area contributed by atoms with Gasteiger partial charge in [0.15, 0.2) is 6.61 Å². The number of nitrogens with one attached hydrogen (secondary N) is 2. The number of thiophene rings is 1. The van der Waals surface area contributed by atoms with Crippen molar-refractivity contribution in [1.29, 1.82) is 0 Å². The summed E-state index contributed by atoms with van der Waals surface area (Å²) in [7, 11) is 0. The van der Waals surface area contributed by atoms with Crippen LogP contribution in [0.1, 0.15) is 5.69 Å². The largest absolute Gasteiger partial charge is 0.484 e. The first kappa shape index (κ1) is 15.3. The summed E-state index contributed by atoms with van der Waals surface area (Å²) in [6, 6.07) is 13.3. The predicted molar refractivity (Wildman–Crippen MR) is 90.6 cm³/mol. The van der Waals surface area contributed by atoms with Crippen LogP contribution in [-0.4, -0.2) is 29.0 Å². The lowest BCUT2D eigenvalue weighted by atomic mass is 10.2. The molecule has 0 spiro atoms. The number of H-pyrrole nitrogens is 1. The van der Waals surface area contributed by atoms with E-state index in [2.05, 4.69) is 15.3 Å². The fraction of sp³-hybridized carbons (Fsp3) is 0.176. The maximum absolute atomic E-state index is 11.8. The fourth-order valence-corrected chi connectivity index (χ4v) is 2.93. The molecule has 0 aliphatic heterocycles. The van der Waals surface area contributed by atoms with Gasteiger partial charge in [-0.05, 0) is 23.6 Å². The standard InChI is InChI=1S/C17H17N3O2S/c21-16(11-22-13-5-2-1-3-6-13)18-9-8-14-17(20-12-19-14)15-7-4-10-23-15/h1-7,10,12H,8-9,11H2,(H,18,21)(H,19,20). The molecule has 5 nitrogen and oxygen atoms in total. The first-order valence-corrected chi connectivity index (χ1v) is 8.21. The highest BCUT2D eigenvalue weighted by atomic mass is 32.1. The SMILES string of the molecule is O=C(COc1ccccc1)NCCc1[nH]cnc1-c1cccs1. The van der Waals surface area contributed by atoms with E-state index in [0.717, 1.165) is 16.3 Å². The van der Waals surface area contributed by atoms with Crippen molar-refractivity contribution in [3.05, 3.63) is 59.9 Å². The second-order valence-corrected chi connectivity index (χ2v) is 5.86. The van der Waals surface area contributed by atoms with E-state index in [-0.39, 0.29) is 12.5 Å². The number of aromatic amines is 1. The fourth-order valence-electron chi connectivity index (χ4n) is 2.18. The average Bonchev–Trinajstić information content (AvgIpc) is 3.25. The molecular formula is C17H17N3O2S. The number of hydrogen-bond acceptors (Lipinski definition) is 4. The van der Waals surface area contributed by atoms with Crippen LogP contribution in [0.15, 0.2) is 54.2 Å². The normalized spacial score (nSPS) is 10.4. The van der Waals surface area contributed by atoms with Gasteiger partial charge in [0.2, 0.25) is 0 Å². The Bertz CT molecular complexity index is 738. The molecule has 0 saturated heterocycles. The number of nitrogens with zero attached hydrogens (tertiary/aromatic N) is 1. The van der Waals surface area contributed by atoms with Crippen molar-refractivity contribution in [1.82, 2.24) is 15.3 Å². The third kappa shape index (κ3) is 4.20. The molecule has 0 aliphatic rings. The van der Waals surface area contributed by atoms with E-state index in [1.54, 1.807) is 17.7 Å². The molecule has 2 heterocycles. The summed E-state index contributed by atoms with van der Waals surface area (Å²) in [5, 5.41) is 4.88. The van der Waals surface area contributed by atoms with Gasteiger partial charge in [0.25, 0.3) is 5.91 Å². The van der Waals surface area contributed by atoms with Crippen LogP contribution in [-0.2, 0) is 11.2 Å². The monoisotopic (exact) mass is 327 g/mol. The van der Waals surface area contributed by atoms with Crippen molar-refractivity contribution in [2.75, 3.05) is 13.2 Å². The molecule has 0 bridgehead atoms. The van der Waals surface area contributed by atoms with Crippen molar-refractivity contribution in [3.8, 4) is 16.3 Å². The Kier molecular flexibility index (Phi) is 5.06. The van der Waals surface area contributed by atoms with Crippen molar-refractivity contribution in [2.45, 2.75) is 6.42 Å². The van der Waals surface area contributed by atoms with E-state index < -0.39 is 0 Å². The molecule has 0 atom stereocenters. The molecule has 0 fully saturated rings. The number of carbonyl (C=O) groups excluding carboxylic acids is 1. The van der Waals surface area contributed by atoms with E-state index in [1.807, 2.05) is 47.8 Å². The Balaban J connectivity index is 1.45. The van der Waals surface area contributed by atoms with Gasteiger partial charge in [-0.25, -0.2) is 4.98 Å². The molecule has 6 heteroatoms. The molecule has 23 heavy (non-hydrogen) atoms. The molecule has 118 valence electrons. The Morgan fingerprint density at radius 1 is 1.22 bits per heavy atom. The highest BCUT2D eigenvalue weighted by Gasteiger charge is 2.09. The number of amides is 1. The van der Waals surface area contributed by atoms with E-state index in [1.165, 1.54) is 0 Å². The number of aromatic nitrogens is 2. The van der Waals surface area contributed by atoms with Crippen molar-refractivity contribution < 1.29 is 9.53 Å². The van der Waals surface area contributed by atoms with Crippen molar-refractivity contribution in [3.63, 3.8) is 0 Å². The molecule has 0 radical (unpaired) electrons. The van der Waals surface area contributed by atoms with Gasteiger partial charge < -0.3 is 15.0 Å². The third-order valence-electron chi connectivity index (χ3n) is 3.28. The third-order valence-corrected chi connectivity index (χ3v) is 4.16. The van der Waals surface area contributed by atoms with Gasteiger partial charge in [-0.3, -0.25) is 4.79 Å². The van der Waals surface area contributed by atoms with E-state index >= 15 is 0 Å². The molecule has 1 aromatic carbocycles. The van der Waals surface area contributed by atoms with Crippen LogP contribution >= 0.6 is 11.3 Å². The van der Waals surface area contributed by atoms with Gasteiger partial charge in [0.1, 0.15) is 11.4 Å². The highest BCUT2D eigenvalue weighted by Crippen LogP contribution is 2.25. The summed E-state index contributed by atoms with van der Waals surface area (Å²) in [5.41, 5.74) is 1.98. The lowest BCUT2D eigenvalue weighted by Crippen LogP contribution is -2.30. The highest BCUT2D eigenvalue weighted by molar-refractivity contribution is 7.13. The minimum absolute atomic E-state index is 0.0186. The lowest BCUT2D eigenvalue weighted by molar-refractivity contribution is -0.123. The summed E-state index contributed by atoms with van der Waals surface area (Å²) < 4.78 is 5.41. The molecule has 3 rings (SSSR count). The first-order chi connectivity index (χ1) is 11.3. The Morgan fingerprint density at radius 2 is 2.09 bits per heavy atom. The number of benzene rings is 1. The van der Waals surface area contributed by atoms with Gasteiger partial charge >= 0.3 is 0 Å². The average molecular weight is 327 g/mol. The molecular weight excluding hydrogens is 310 g/mol. The number of para-hydroxylation sites is 1. The van der Waals surface area contributed by atoms with Crippen LogP contribution in [0.2, 0.25) is 0 Å². The molecule has 0 unspecified atom stereocenters. The summed E-state index contributed by atoms with van der Waals surface area (Å²) in [5.74, 6) is 0.558. The molecule has 0 saturated carbocycles. The lowest BCUT2D eigenvalue weighted by Gasteiger charge is -2.07. The predicted octanol–water partition coefficient (Wildman–Crippen LogP) is 2.88. The maximum atomic E-state index is 11.8. The van der Waals surface area contributed by atoms with Gasteiger partial charge in [-0.2, -0.15) is 0 Å².